The van der Waals surface area contributed by atoms with E-state index < -0.39 is 21.7 Å². The van der Waals surface area contributed by atoms with Gasteiger partial charge in [0.25, 0.3) is 0 Å². The molecule has 2 aromatic rings. The Bertz CT molecular complexity index is 818. The Morgan fingerprint density at radius 1 is 1.08 bits per heavy atom. The first kappa shape index (κ1) is 19.1. The molecular weight excluding hydrogens is 343 g/mol. The number of hydrogen-bond acceptors (Lipinski definition) is 3. The number of aryl methyl sites for hydroxylation is 1. The third-order valence-corrected chi connectivity index (χ3v) is 5.48. The van der Waals surface area contributed by atoms with Crippen LogP contribution in [0.4, 0.5) is 10.1 Å². The molecule has 1 amide bonds. The van der Waals surface area contributed by atoms with Gasteiger partial charge in [0.2, 0.25) is 15.9 Å². The van der Waals surface area contributed by atoms with E-state index in [1.54, 1.807) is 12.1 Å². The second kappa shape index (κ2) is 8.22. The molecule has 0 aliphatic rings. The largest absolute Gasteiger partial charge is 0.325 e. The highest BCUT2D eigenvalue weighted by atomic mass is 32.2. The van der Waals surface area contributed by atoms with E-state index in [0.717, 1.165) is 29.3 Å². The van der Waals surface area contributed by atoms with Crippen LogP contribution >= 0.6 is 0 Å². The molecule has 5 nitrogen and oxygen atoms in total. The Hall–Kier alpha value is -2.25. The molecule has 1 N–H and O–H groups in total. The highest BCUT2D eigenvalue weighted by Gasteiger charge is 2.23. The number of hydrogen-bond donors (Lipinski definition) is 1. The number of amides is 1. The van der Waals surface area contributed by atoms with Gasteiger partial charge in [0, 0.05) is 12.7 Å². The van der Waals surface area contributed by atoms with Crippen molar-refractivity contribution in [2.24, 2.45) is 0 Å². The second-order valence-electron chi connectivity index (χ2n) is 5.71. The maximum absolute atomic E-state index is 12.9. The summed E-state index contributed by atoms with van der Waals surface area (Å²) in [4.78, 5) is 12.0. The van der Waals surface area contributed by atoms with E-state index in [0.29, 0.717) is 5.69 Å². The first-order valence-electron chi connectivity index (χ1n) is 7.93. The molecule has 25 heavy (non-hydrogen) atoms. The molecule has 0 fully saturated rings. The minimum absolute atomic E-state index is 0.0619. The molecule has 0 aromatic heterocycles. The lowest BCUT2D eigenvalue weighted by Gasteiger charge is -2.17. The van der Waals surface area contributed by atoms with Crippen LogP contribution in [0.1, 0.15) is 18.9 Å². The summed E-state index contributed by atoms with van der Waals surface area (Å²) in [7, 11) is -2.54. The molecule has 0 heterocycles. The number of nitrogens with zero attached hydrogens (tertiary/aromatic N) is 1. The van der Waals surface area contributed by atoms with Gasteiger partial charge in [0.15, 0.2) is 0 Å². The van der Waals surface area contributed by atoms with E-state index in [4.69, 9.17) is 0 Å². The molecule has 0 aliphatic heterocycles. The summed E-state index contributed by atoms with van der Waals surface area (Å²) in [5.74, 6) is -0.970. The molecule has 0 radical (unpaired) electrons. The quantitative estimate of drug-likeness (QED) is 0.821. The Labute approximate surface area is 147 Å². The Morgan fingerprint density at radius 2 is 1.68 bits per heavy atom. The molecule has 0 bridgehead atoms. The SMILES string of the molecule is CCCc1ccc(NC(=O)CN(C)S(=O)(=O)c2ccc(F)cc2)cc1. The predicted octanol–water partition coefficient (Wildman–Crippen LogP) is 3.04. The van der Waals surface area contributed by atoms with Crippen LogP contribution < -0.4 is 5.32 Å². The minimum atomic E-state index is -3.85. The van der Waals surface area contributed by atoms with E-state index in [1.807, 2.05) is 12.1 Å². The maximum atomic E-state index is 12.9. The maximum Gasteiger partial charge on any atom is 0.243 e. The van der Waals surface area contributed by atoms with E-state index in [-0.39, 0.29) is 11.4 Å². The number of carbonyl (C=O) groups is 1. The van der Waals surface area contributed by atoms with Gasteiger partial charge in [0.1, 0.15) is 5.82 Å². The zero-order chi connectivity index (χ0) is 18.4. The number of carbonyl (C=O) groups excluding carboxylic acids is 1. The van der Waals surface area contributed by atoms with Gasteiger partial charge in [-0.2, -0.15) is 4.31 Å². The van der Waals surface area contributed by atoms with Gasteiger partial charge >= 0.3 is 0 Å². The van der Waals surface area contributed by atoms with E-state index >= 15 is 0 Å². The highest BCUT2D eigenvalue weighted by molar-refractivity contribution is 7.89. The zero-order valence-corrected chi connectivity index (χ0v) is 15.0. The van der Waals surface area contributed by atoms with Crippen molar-refractivity contribution in [3.05, 3.63) is 59.9 Å². The van der Waals surface area contributed by atoms with E-state index in [2.05, 4.69) is 12.2 Å². The first-order valence-corrected chi connectivity index (χ1v) is 9.37. The Balaban J connectivity index is 2.00. The summed E-state index contributed by atoms with van der Waals surface area (Å²) < 4.78 is 38.6. The van der Waals surface area contributed by atoms with Crippen LogP contribution in [0, 0.1) is 5.82 Å². The van der Waals surface area contributed by atoms with Crippen LogP contribution in [0.5, 0.6) is 0 Å². The van der Waals surface area contributed by atoms with Crippen LogP contribution in [0.2, 0.25) is 0 Å². The highest BCUT2D eigenvalue weighted by Crippen LogP contribution is 2.15. The average Bonchev–Trinajstić information content (AvgIpc) is 2.57. The predicted molar refractivity (Wildman–Crippen MR) is 95.3 cm³/mol. The normalized spacial score (nSPS) is 11.5. The van der Waals surface area contributed by atoms with E-state index in [1.165, 1.54) is 24.7 Å². The fourth-order valence-electron chi connectivity index (χ4n) is 2.32. The fraction of sp³-hybridized carbons (Fsp3) is 0.278. The van der Waals surface area contributed by atoms with Crippen molar-refractivity contribution in [2.75, 3.05) is 18.9 Å². The number of halogens is 1. The van der Waals surface area contributed by atoms with Crippen LogP contribution in [0.25, 0.3) is 0 Å². The van der Waals surface area contributed by atoms with Crippen molar-refractivity contribution >= 4 is 21.6 Å². The smallest absolute Gasteiger partial charge is 0.243 e. The number of nitrogens with one attached hydrogen (secondary N) is 1. The van der Waals surface area contributed by atoms with Crippen molar-refractivity contribution in [3.8, 4) is 0 Å². The number of sulfonamides is 1. The Morgan fingerprint density at radius 3 is 2.24 bits per heavy atom. The van der Waals surface area contributed by atoms with E-state index in [9.17, 15) is 17.6 Å². The van der Waals surface area contributed by atoms with Crippen molar-refractivity contribution in [1.29, 1.82) is 0 Å². The zero-order valence-electron chi connectivity index (χ0n) is 14.2. The lowest BCUT2D eigenvalue weighted by Crippen LogP contribution is -2.34. The lowest BCUT2D eigenvalue weighted by atomic mass is 10.1. The molecule has 0 spiro atoms. The van der Waals surface area contributed by atoms with Crippen molar-refractivity contribution in [2.45, 2.75) is 24.7 Å². The number of benzene rings is 2. The van der Waals surface area contributed by atoms with Crippen LogP contribution in [-0.4, -0.2) is 32.2 Å². The summed E-state index contributed by atoms with van der Waals surface area (Å²) in [6, 6.07) is 11.9. The van der Waals surface area contributed by atoms with Crippen LogP contribution in [0.3, 0.4) is 0 Å². The van der Waals surface area contributed by atoms with Crippen LogP contribution in [0.15, 0.2) is 53.4 Å². The topological polar surface area (TPSA) is 66.5 Å². The molecule has 134 valence electrons. The van der Waals surface area contributed by atoms with Gasteiger partial charge < -0.3 is 5.32 Å². The summed E-state index contributed by atoms with van der Waals surface area (Å²) in [5, 5.41) is 2.67. The molecule has 0 saturated heterocycles. The standard InChI is InChI=1S/C18H21FN2O3S/c1-3-4-14-5-9-16(10-6-14)20-18(22)13-21(2)25(23,24)17-11-7-15(19)8-12-17/h5-12H,3-4,13H2,1-2H3,(H,20,22). The van der Waals surface area contributed by atoms with Gasteiger partial charge in [-0.1, -0.05) is 25.5 Å². The van der Waals surface area contributed by atoms with Crippen molar-refractivity contribution < 1.29 is 17.6 Å². The molecule has 7 heteroatoms. The first-order chi connectivity index (χ1) is 11.8. The molecule has 0 aliphatic carbocycles. The molecule has 0 unspecified atom stereocenters. The molecule has 0 atom stereocenters. The fourth-order valence-corrected chi connectivity index (χ4v) is 3.44. The number of anilines is 1. The van der Waals surface area contributed by atoms with Crippen molar-refractivity contribution in [1.82, 2.24) is 4.31 Å². The number of likely N-dealkylation sites (N-methyl/N-ethyl adjacent to an activating group) is 1. The lowest BCUT2D eigenvalue weighted by molar-refractivity contribution is -0.116. The molecular formula is C18H21FN2O3S. The van der Waals surface area contributed by atoms with Gasteiger partial charge in [-0.3, -0.25) is 4.79 Å². The molecule has 2 aromatic carbocycles. The average molecular weight is 364 g/mol. The summed E-state index contributed by atoms with van der Waals surface area (Å²) >= 11 is 0. The Kier molecular flexibility index (Phi) is 6.27. The molecule has 2 rings (SSSR count). The van der Waals surface area contributed by atoms with Crippen molar-refractivity contribution in [3.63, 3.8) is 0 Å². The monoisotopic (exact) mass is 364 g/mol. The minimum Gasteiger partial charge on any atom is -0.325 e. The van der Waals surface area contributed by atoms with Gasteiger partial charge in [0.05, 0.1) is 11.4 Å². The second-order valence-corrected chi connectivity index (χ2v) is 7.75. The van der Waals surface area contributed by atoms with Gasteiger partial charge in [-0.15, -0.1) is 0 Å². The summed E-state index contributed by atoms with van der Waals surface area (Å²) in [6.45, 7) is 1.75. The van der Waals surface area contributed by atoms with Gasteiger partial charge in [-0.05, 0) is 48.4 Å². The number of rotatable bonds is 7. The third kappa shape index (κ3) is 5.11. The van der Waals surface area contributed by atoms with Gasteiger partial charge in [-0.25, -0.2) is 12.8 Å². The molecule has 0 saturated carbocycles. The summed E-state index contributed by atoms with van der Waals surface area (Å²) in [6.07, 6.45) is 2.00. The van der Waals surface area contributed by atoms with Crippen LogP contribution in [-0.2, 0) is 21.2 Å². The summed E-state index contributed by atoms with van der Waals surface area (Å²) in [5.41, 5.74) is 1.79. The third-order valence-electron chi connectivity index (χ3n) is 3.66.